The van der Waals surface area contributed by atoms with Gasteiger partial charge in [-0.25, -0.2) is 0 Å². The standard InChI is InChI=1S/C21H31N3O3/c1-3-11-24(12-4-2)19(25)18-15-23(14-17-8-6-5-7-9-17)16-21(18)20(26)22-10-13-27-21/h5-9,18H,3-4,10-16H2,1-2H3,(H,22,26)/t18-,21-/m1/s1. The average molecular weight is 373 g/mol. The highest BCUT2D eigenvalue weighted by molar-refractivity contribution is 5.94. The molecule has 0 radical (unpaired) electrons. The van der Waals surface area contributed by atoms with Gasteiger partial charge in [0.2, 0.25) is 5.91 Å². The van der Waals surface area contributed by atoms with Gasteiger partial charge < -0.3 is 15.0 Å². The minimum Gasteiger partial charge on any atom is -0.361 e. The second kappa shape index (κ2) is 8.85. The zero-order valence-corrected chi connectivity index (χ0v) is 16.4. The summed E-state index contributed by atoms with van der Waals surface area (Å²) in [7, 11) is 0. The summed E-state index contributed by atoms with van der Waals surface area (Å²) < 4.78 is 6.05. The van der Waals surface area contributed by atoms with Crippen LogP contribution in [0.15, 0.2) is 30.3 Å². The molecule has 1 N–H and O–H groups in total. The summed E-state index contributed by atoms with van der Waals surface area (Å²) in [5, 5.41) is 2.93. The molecule has 1 aromatic carbocycles. The molecule has 0 aliphatic carbocycles. The fourth-order valence-corrected chi connectivity index (χ4v) is 4.23. The number of likely N-dealkylation sites (tertiary alicyclic amines) is 1. The summed E-state index contributed by atoms with van der Waals surface area (Å²) in [5.41, 5.74) is 0.111. The molecule has 0 saturated carbocycles. The van der Waals surface area contributed by atoms with E-state index in [1.807, 2.05) is 23.1 Å². The molecule has 6 nitrogen and oxygen atoms in total. The first-order chi connectivity index (χ1) is 13.1. The van der Waals surface area contributed by atoms with Gasteiger partial charge in [-0.1, -0.05) is 44.2 Å². The van der Waals surface area contributed by atoms with Crippen molar-refractivity contribution in [2.45, 2.75) is 38.8 Å². The van der Waals surface area contributed by atoms with Gasteiger partial charge in [-0.2, -0.15) is 0 Å². The Morgan fingerprint density at radius 2 is 1.96 bits per heavy atom. The Balaban J connectivity index is 1.84. The van der Waals surface area contributed by atoms with Crippen LogP contribution >= 0.6 is 0 Å². The molecule has 2 amide bonds. The van der Waals surface area contributed by atoms with Crippen molar-refractivity contribution in [3.63, 3.8) is 0 Å². The molecular weight excluding hydrogens is 342 g/mol. The van der Waals surface area contributed by atoms with Crippen molar-refractivity contribution in [3.8, 4) is 0 Å². The lowest BCUT2D eigenvalue weighted by Gasteiger charge is -2.38. The van der Waals surface area contributed by atoms with Crippen LogP contribution in [0.2, 0.25) is 0 Å². The molecule has 27 heavy (non-hydrogen) atoms. The number of ether oxygens (including phenoxy) is 1. The van der Waals surface area contributed by atoms with E-state index >= 15 is 0 Å². The Morgan fingerprint density at radius 3 is 2.59 bits per heavy atom. The second-order valence-corrected chi connectivity index (χ2v) is 7.53. The number of rotatable bonds is 7. The predicted octanol–water partition coefficient (Wildman–Crippen LogP) is 1.65. The summed E-state index contributed by atoms with van der Waals surface area (Å²) in [4.78, 5) is 30.3. The third kappa shape index (κ3) is 4.17. The first kappa shape index (κ1) is 19.8. The topological polar surface area (TPSA) is 61.9 Å². The van der Waals surface area contributed by atoms with Crippen LogP contribution in [-0.4, -0.2) is 66.5 Å². The Kier molecular flexibility index (Phi) is 6.50. The molecule has 2 aliphatic rings. The maximum Gasteiger partial charge on any atom is 0.254 e. The highest BCUT2D eigenvalue weighted by Crippen LogP contribution is 2.35. The molecule has 1 spiro atoms. The summed E-state index contributed by atoms with van der Waals surface area (Å²) >= 11 is 0. The van der Waals surface area contributed by atoms with Crippen LogP contribution in [0, 0.1) is 5.92 Å². The summed E-state index contributed by atoms with van der Waals surface area (Å²) in [6.07, 6.45) is 1.82. The van der Waals surface area contributed by atoms with Crippen LogP contribution in [0.25, 0.3) is 0 Å². The molecule has 0 aromatic heterocycles. The molecule has 6 heteroatoms. The lowest BCUT2D eigenvalue weighted by Crippen LogP contribution is -2.62. The summed E-state index contributed by atoms with van der Waals surface area (Å²) in [5.74, 6) is -0.554. The van der Waals surface area contributed by atoms with Crippen molar-refractivity contribution in [1.29, 1.82) is 0 Å². The summed E-state index contributed by atoms with van der Waals surface area (Å²) in [6, 6.07) is 10.2. The zero-order chi connectivity index (χ0) is 19.3. The number of hydrogen-bond donors (Lipinski definition) is 1. The van der Waals surface area contributed by atoms with Gasteiger partial charge in [0.15, 0.2) is 5.60 Å². The highest BCUT2D eigenvalue weighted by Gasteiger charge is 2.58. The lowest BCUT2D eigenvalue weighted by molar-refractivity contribution is -0.167. The molecule has 148 valence electrons. The first-order valence-corrected chi connectivity index (χ1v) is 10.1. The van der Waals surface area contributed by atoms with E-state index in [2.05, 4.69) is 36.2 Å². The van der Waals surface area contributed by atoms with Crippen molar-refractivity contribution in [2.24, 2.45) is 5.92 Å². The van der Waals surface area contributed by atoms with Crippen molar-refractivity contribution < 1.29 is 14.3 Å². The molecule has 2 atom stereocenters. The minimum atomic E-state index is -1.07. The SMILES string of the molecule is CCCN(CCC)C(=O)[C@H]1CN(Cc2ccccc2)C[C@@]12OCCNC2=O. The molecular formula is C21H31N3O3. The van der Waals surface area contributed by atoms with Crippen LogP contribution in [0.5, 0.6) is 0 Å². The van der Waals surface area contributed by atoms with Crippen molar-refractivity contribution >= 4 is 11.8 Å². The fourth-order valence-electron chi connectivity index (χ4n) is 4.23. The van der Waals surface area contributed by atoms with Gasteiger partial charge in [-0.3, -0.25) is 14.5 Å². The summed E-state index contributed by atoms with van der Waals surface area (Å²) in [6.45, 7) is 8.27. The molecule has 2 saturated heterocycles. The second-order valence-electron chi connectivity index (χ2n) is 7.53. The Bertz CT molecular complexity index is 645. The van der Waals surface area contributed by atoms with Crippen LogP contribution in [0.3, 0.4) is 0 Å². The largest absolute Gasteiger partial charge is 0.361 e. The van der Waals surface area contributed by atoms with Gasteiger partial charge >= 0.3 is 0 Å². The molecule has 2 heterocycles. The molecule has 2 fully saturated rings. The maximum atomic E-state index is 13.4. The number of hydrogen-bond acceptors (Lipinski definition) is 4. The van der Waals surface area contributed by atoms with Crippen molar-refractivity contribution in [2.75, 3.05) is 39.3 Å². The number of carbonyl (C=O) groups excluding carboxylic acids is 2. The van der Waals surface area contributed by atoms with E-state index in [4.69, 9.17) is 4.74 Å². The molecule has 0 bridgehead atoms. The van der Waals surface area contributed by atoms with Gasteiger partial charge in [0.25, 0.3) is 5.91 Å². The molecule has 1 aromatic rings. The van der Waals surface area contributed by atoms with E-state index in [1.54, 1.807) is 0 Å². The zero-order valence-electron chi connectivity index (χ0n) is 16.4. The van der Waals surface area contributed by atoms with Crippen molar-refractivity contribution in [3.05, 3.63) is 35.9 Å². The third-order valence-electron chi connectivity index (χ3n) is 5.44. The quantitative estimate of drug-likeness (QED) is 0.790. The van der Waals surface area contributed by atoms with Crippen LogP contribution in [0.4, 0.5) is 0 Å². The van der Waals surface area contributed by atoms with E-state index in [-0.39, 0.29) is 11.8 Å². The number of carbonyl (C=O) groups is 2. The highest BCUT2D eigenvalue weighted by atomic mass is 16.5. The molecule has 0 unspecified atom stereocenters. The smallest absolute Gasteiger partial charge is 0.254 e. The van der Waals surface area contributed by atoms with Crippen LogP contribution in [-0.2, 0) is 20.9 Å². The Labute approximate surface area is 161 Å². The van der Waals surface area contributed by atoms with Gasteiger partial charge in [0, 0.05) is 39.3 Å². The Morgan fingerprint density at radius 1 is 1.26 bits per heavy atom. The molecule has 3 rings (SSSR count). The van der Waals surface area contributed by atoms with E-state index in [1.165, 1.54) is 5.56 Å². The number of amides is 2. The molecule has 2 aliphatic heterocycles. The third-order valence-corrected chi connectivity index (χ3v) is 5.44. The van der Waals surface area contributed by atoms with E-state index in [0.29, 0.717) is 32.8 Å². The first-order valence-electron chi connectivity index (χ1n) is 10.1. The van der Waals surface area contributed by atoms with Gasteiger partial charge in [-0.15, -0.1) is 0 Å². The normalized spacial score (nSPS) is 25.6. The maximum absolute atomic E-state index is 13.4. The van der Waals surface area contributed by atoms with Crippen LogP contribution in [0.1, 0.15) is 32.3 Å². The predicted molar refractivity (Wildman–Crippen MR) is 104 cm³/mol. The van der Waals surface area contributed by atoms with Gasteiger partial charge in [-0.05, 0) is 18.4 Å². The number of benzene rings is 1. The number of morpholine rings is 1. The monoisotopic (exact) mass is 373 g/mol. The fraction of sp³-hybridized carbons (Fsp3) is 0.619. The van der Waals surface area contributed by atoms with Gasteiger partial charge in [0.05, 0.1) is 12.5 Å². The van der Waals surface area contributed by atoms with E-state index < -0.39 is 11.5 Å². The minimum absolute atomic E-state index is 0.0475. The average Bonchev–Trinajstić information content (AvgIpc) is 3.03. The van der Waals surface area contributed by atoms with Crippen molar-refractivity contribution in [1.82, 2.24) is 15.1 Å². The van der Waals surface area contributed by atoms with Gasteiger partial charge in [0.1, 0.15) is 0 Å². The Hall–Kier alpha value is -1.92. The van der Waals surface area contributed by atoms with E-state index in [9.17, 15) is 9.59 Å². The number of nitrogens with one attached hydrogen (secondary N) is 1. The van der Waals surface area contributed by atoms with Crippen LogP contribution < -0.4 is 5.32 Å². The lowest BCUT2D eigenvalue weighted by atomic mass is 9.87. The van der Waals surface area contributed by atoms with E-state index in [0.717, 1.165) is 25.9 Å². The number of nitrogens with zero attached hydrogens (tertiary/aromatic N) is 2.